The average Bonchev–Trinajstić information content (AvgIpc) is 2.55. The molecular weight excluding hydrogens is 335 g/mol. The zero-order valence-electron chi connectivity index (χ0n) is 12.7. The van der Waals surface area contributed by atoms with E-state index in [9.17, 15) is 9.18 Å². The van der Waals surface area contributed by atoms with Crippen LogP contribution in [0.5, 0.6) is 0 Å². The summed E-state index contributed by atoms with van der Waals surface area (Å²) in [7, 11) is 0. The number of rotatable bonds is 5. The Morgan fingerprint density at radius 3 is 2.39 bits per heavy atom. The van der Waals surface area contributed by atoms with Gasteiger partial charge in [0.2, 0.25) is 0 Å². The molecule has 1 amide bonds. The van der Waals surface area contributed by atoms with Gasteiger partial charge in [-0.3, -0.25) is 4.79 Å². The van der Waals surface area contributed by atoms with Crippen molar-refractivity contribution in [3.63, 3.8) is 0 Å². The van der Waals surface area contributed by atoms with Crippen LogP contribution in [0, 0.1) is 5.82 Å². The fourth-order valence-corrected chi connectivity index (χ4v) is 2.74. The zero-order chi connectivity index (χ0) is 16.8. The molecule has 0 aliphatic carbocycles. The van der Waals surface area contributed by atoms with Crippen LogP contribution in [-0.4, -0.2) is 16.9 Å². The standard InChI is InChI=1S/C17H16ClFN2OS/c1-11(13-3-7-15(19)8-4-13)20-21-17(22)12(2)23-16-9-5-14(18)6-10-16/h3-10,12H,1-2H3,(H,21,22)/b20-11+. The Morgan fingerprint density at radius 1 is 1.17 bits per heavy atom. The largest absolute Gasteiger partial charge is 0.272 e. The summed E-state index contributed by atoms with van der Waals surface area (Å²) in [5.74, 6) is -0.509. The molecule has 0 aliphatic heterocycles. The van der Waals surface area contributed by atoms with E-state index in [1.54, 1.807) is 38.1 Å². The Hall–Kier alpha value is -1.85. The first-order chi connectivity index (χ1) is 11.0. The summed E-state index contributed by atoms with van der Waals surface area (Å²) in [6, 6.07) is 13.2. The number of thioether (sulfide) groups is 1. The first-order valence-corrected chi connectivity index (χ1v) is 8.24. The second-order valence-electron chi connectivity index (χ2n) is 4.89. The van der Waals surface area contributed by atoms with Crippen molar-refractivity contribution >= 4 is 35.0 Å². The molecule has 120 valence electrons. The van der Waals surface area contributed by atoms with Crippen molar-refractivity contribution in [1.82, 2.24) is 5.43 Å². The average molecular weight is 351 g/mol. The van der Waals surface area contributed by atoms with Gasteiger partial charge in [-0.25, -0.2) is 9.82 Å². The second-order valence-corrected chi connectivity index (χ2v) is 6.74. The maximum atomic E-state index is 12.9. The van der Waals surface area contributed by atoms with E-state index < -0.39 is 0 Å². The minimum absolute atomic E-state index is 0.202. The van der Waals surface area contributed by atoms with Gasteiger partial charge in [0.15, 0.2) is 0 Å². The summed E-state index contributed by atoms with van der Waals surface area (Å²) in [4.78, 5) is 13.0. The summed E-state index contributed by atoms with van der Waals surface area (Å²) in [5.41, 5.74) is 3.90. The highest BCUT2D eigenvalue weighted by Gasteiger charge is 2.14. The third kappa shape index (κ3) is 5.37. The predicted molar refractivity (Wildman–Crippen MR) is 93.5 cm³/mol. The van der Waals surface area contributed by atoms with Gasteiger partial charge in [-0.1, -0.05) is 23.7 Å². The van der Waals surface area contributed by atoms with Gasteiger partial charge in [-0.15, -0.1) is 11.8 Å². The molecule has 1 N–H and O–H groups in total. The van der Waals surface area contributed by atoms with E-state index in [2.05, 4.69) is 10.5 Å². The molecule has 0 bridgehead atoms. The maximum Gasteiger partial charge on any atom is 0.253 e. The Balaban J connectivity index is 1.93. The summed E-state index contributed by atoms with van der Waals surface area (Å²) in [6.45, 7) is 3.56. The van der Waals surface area contributed by atoms with Crippen molar-refractivity contribution in [3.05, 3.63) is 64.9 Å². The monoisotopic (exact) mass is 350 g/mol. The van der Waals surface area contributed by atoms with Crippen LogP contribution in [0.2, 0.25) is 5.02 Å². The Labute approximate surface area is 143 Å². The lowest BCUT2D eigenvalue weighted by Crippen LogP contribution is -2.27. The summed E-state index contributed by atoms with van der Waals surface area (Å²) >= 11 is 7.25. The molecule has 2 rings (SSSR count). The lowest BCUT2D eigenvalue weighted by molar-refractivity contribution is -0.120. The van der Waals surface area contributed by atoms with Crippen LogP contribution >= 0.6 is 23.4 Å². The number of carbonyl (C=O) groups excluding carboxylic acids is 1. The molecule has 0 heterocycles. The Bertz CT molecular complexity index is 702. The van der Waals surface area contributed by atoms with E-state index in [4.69, 9.17) is 11.6 Å². The van der Waals surface area contributed by atoms with Gasteiger partial charge in [-0.2, -0.15) is 5.10 Å². The number of hydrogen-bond acceptors (Lipinski definition) is 3. The molecule has 0 saturated carbocycles. The van der Waals surface area contributed by atoms with Crippen molar-refractivity contribution < 1.29 is 9.18 Å². The highest BCUT2D eigenvalue weighted by molar-refractivity contribution is 8.00. The van der Waals surface area contributed by atoms with Gasteiger partial charge in [0.25, 0.3) is 5.91 Å². The number of halogens is 2. The van der Waals surface area contributed by atoms with Crippen LogP contribution < -0.4 is 5.43 Å². The highest BCUT2D eigenvalue weighted by atomic mass is 35.5. The first kappa shape index (κ1) is 17.5. The predicted octanol–water partition coefficient (Wildman–Crippen LogP) is 4.50. The molecule has 0 aromatic heterocycles. The van der Waals surface area contributed by atoms with E-state index in [0.29, 0.717) is 10.7 Å². The van der Waals surface area contributed by atoms with Crippen molar-refractivity contribution in [1.29, 1.82) is 0 Å². The van der Waals surface area contributed by atoms with Crippen LogP contribution in [-0.2, 0) is 4.79 Å². The normalized spacial score (nSPS) is 12.8. The molecule has 0 spiro atoms. The van der Waals surface area contributed by atoms with E-state index in [0.717, 1.165) is 10.5 Å². The fraction of sp³-hybridized carbons (Fsp3) is 0.176. The topological polar surface area (TPSA) is 41.5 Å². The number of nitrogens with zero attached hydrogens (tertiary/aromatic N) is 1. The van der Waals surface area contributed by atoms with Crippen molar-refractivity contribution in [3.8, 4) is 0 Å². The molecule has 1 unspecified atom stereocenters. The number of amides is 1. The third-order valence-corrected chi connectivity index (χ3v) is 4.46. The maximum absolute atomic E-state index is 12.9. The van der Waals surface area contributed by atoms with Crippen molar-refractivity contribution in [2.45, 2.75) is 24.0 Å². The molecule has 3 nitrogen and oxygen atoms in total. The molecule has 2 aromatic rings. The lowest BCUT2D eigenvalue weighted by atomic mass is 10.1. The molecule has 0 radical (unpaired) electrons. The summed E-state index contributed by atoms with van der Waals surface area (Å²) in [6.07, 6.45) is 0. The summed E-state index contributed by atoms with van der Waals surface area (Å²) in [5, 5.41) is 4.41. The van der Waals surface area contributed by atoms with Crippen LogP contribution in [0.1, 0.15) is 19.4 Å². The zero-order valence-corrected chi connectivity index (χ0v) is 14.3. The molecule has 23 heavy (non-hydrogen) atoms. The van der Waals surface area contributed by atoms with Crippen molar-refractivity contribution in [2.75, 3.05) is 0 Å². The molecule has 1 atom stereocenters. The van der Waals surface area contributed by atoms with E-state index in [1.165, 1.54) is 23.9 Å². The Kier molecular flexibility index (Phi) is 6.19. The Morgan fingerprint density at radius 2 is 1.78 bits per heavy atom. The van der Waals surface area contributed by atoms with Gasteiger partial charge in [0, 0.05) is 9.92 Å². The number of carbonyl (C=O) groups is 1. The lowest BCUT2D eigenvalue weighted by Gasteiger charge is -2.10. The van der Waals surface area contributed by atoms with Crippen LogP contribution in [0.3, 0.4) is 0 Å². The highest BCUT2D eigenvalue weighted by Crippen LogP contribution is 2.24. The summed E-state index contributed by atoms with van der Waals surface area (Å²) < 4.78 is 12.9. The van der Waals surface area contributed by atoms with Gasteiger partial charge < -0.3 is 0 Å². The molecule has 2 aromatic carbocycles. The van der Waals surface area contributed by atoms with E-state index in [-0.39, 0.29) is 17.0 Å². The molecule has 6 heteroatoms. The minimum Gasteiger partial charge on any atom is -0.272 e. The van der Waals surface area contributed by atoms with E-state index >= 15 is 0 Å². The van der Waals surface area contributed by atoms with Gasteiger partial charge in [-0.05, 0) is 55.8 Å². The van der Waals surface area contributed by atoms with Crippen LogP contribution in [0.25, 0.3) is 0 Å². The number of hydrazone groups is 1. The smallest absolute Gasteiger partial charge is 0.253 e. The molecule has 0 aliphatic rings. The number of benzene rings is 2. The van der Waals surface area contributed by atoms with Crippen molar-refractivity contribution in [2.24, 2.45) is 5.10 Å². The molecular formula is C17H16ClFN2OS. The van der Waals surface area contributed by atoms with E-state index in [1.807, 2.05) is 12.1 Å². The quantitative estimate of drug-likeness (QED) is 0.490. The fourth-order valence-electron chi connectivity index (χ4n) is 1.76. The second kappa shape index (κ2) is 8.13. The number of nitrogens with one attached hydrogen (secondary N) is 1. The van der Waals surface area contributed by atoms with Gasteiger partial charge in [0.05, 0.1) is 11.0 Å². The SMILES string of the molecule is C/C(=N\NC(=O)C(C)Sc1ccc(Cl)cc1)c1ccc(F)cc1. The minimum atomic E-state index is -0.307. The van der Waals surface area contributed by atoms with Crippen LogP contribution in [0.15, 0.2) is 58.5 Å². The molecule has 0 fully saturated rings. The number of hydrogen-bond donors (Lipinski definition) is 1. The van der Waals surface area contributed by atoms with Gasteiger partial charge >= 0.3 is 0 Å². The van der Waals surface area contributed by atoms with Crippen LogP contribution in [0.4, 0.5) is 4.39 Å². The first-order valence-electron chi connectivity index (χ1n) is 6.98. The molecule has 0 saturated heterocycles. The van der Waals surface area contributed by atoms with Gasteiger partial charge in [0.1, 0.15) is 5.82 Å². The third-order valence-electron chi connectivity index (χ3n) is 3.09.